The van der Waals surface area contributed by atoms with E-state index in [-0.39, 0.29) is 23.4 Å². The fraction of sp³-hybridized carbons (Fsp3) is 0.464. The van der Waals surface area contributed by atoms with Crippen LogP contribution in [0.1, 0.15) is 55.4 Å². The average Bonchev–Trinajstić information content (AvgIpc) is 3.16. The van der Waals surface area contributed by atoms with Crippen LogP contribution in [0.15, 0.2) is 48.5 Å². The third kappa shape index (κ3) is 4.28. The molecule has 5 rings (SSSR count). The molecule has 1 aliphatic heterocycles. The van der Waals surface area contributed by atoms with Crippen molar-refractivity contribution in [3.8, 4) is 0 Å². The Kier molecular flexibility index (Phi) is 5.82. The molecule has 186 valence electrons. The van der Waals surface area contributed by atoms with Gasteiger partial charge in [-0.3, -0.25) is 9.69 Å². The molecule has 0 bridgehead atoms. The van der Waals surface area contributed by atoms with Crippen LogP contribution in [0.4, 0.5) is 17.6 Å². The number of fused-ring (bicyclic) bond motifs is 2. The van der Waals surface area contributed by atoms with Gasteiger partial charge in [-0.05, 0) is 66.6 Å². The Labute approximate surface area is 203 Å². The van der Waals surface area contributed by atoms with Crippen molar-refractivity contribution >= 4 is 12.0 Å². The van der Waals surface area contributed by atoms with Gasteiger partial charge in [0.2, 0.25) is 5.91 Å². The maximum Gasteiger partial charge on any atom is 0.416 e. The summed E-state index contributed by atoms with van der Waals surface area (Å²) in [6.45, 7) is 6.00. The lowest BCUT2D eigenvalue weighted by Gasteiger charge is -2.53. The van der Waals surface area contributed by atoms with Gasteiger partial charge >= 0.3 is 6.18 Å². The largest absolute Gasteiger partial charge is 0.416 e. The predicted octanol–water partition coefficient (Wildman–Crippen LogP) is 5.94. The number of hydrogen-bond donors (Lipinski definition) is 1. The summed E-state index contributed by atoms with van der Waals surface area (Å²) in [5, 5.41) is 2.73. The molecular formula is C28H30F4N2O. The Hall–Kier alpha value is -2.67. The second kappa shape index (κ2) is 8.47. The number of carbonyl (C=O) groups is 1. The maximum absolute atomic E-state index is 13.7. The van der Waals surface area contributed by atoms with Crippen molar-refractivity contribution in [3.05, 3.63) is 76.6 Å². The number of rotatable bonds is 4. The molecule has 2 atom stereocenters. The molecule has 1 unspecified atom stereocenters. The molecule has 2 aliphatic carbocycles. The maximum atomic E-state index is 13.7. The van der Waals surface area contributed by atoms with Gasteiger partial charge in [-0.1, -0.05) is 50.3 Å². The molecule has 0 aromatic heterocycles. The summed E-state index contributed by atoms with van der Waals surface area (Å²) in [6, 6.07) is 11.3. The summed E-state index contributed by atoms with van der Waals surface area (Å²) >= 11 is 0. The van der Waals surface area contributed by atoms with Crippen LogP contribution in [0.2, 0.25) is 0 Å². The third-order valence-electron chi connectivity index (χ3n) is 8.40. The van der Waals surface area contributed by atoms with Gasteiger partial charge in [0, 0.05) is 30.0 Å². The second-order valence-electron chi connectivity index (χ2n) is 10.8. The van der Waals surface area contributed by atoms with E-state index in [1.807, 2.05) is 6.92 Å². The van der Waals surface area contributed by atoms with E-state index in [2.05, 4.69) is 53.6 Å². The quantitative estimate of drug-likeness (QED) is 0.543. The van der Waals surface area contributed by atoms with E-state index in [4.69, 9.17) is 0 Å². The zero-order valence-corrected chi connectivity index (χ0v) is 20.0. The number of nitrogens with zero attached hydrogens (tertiary/aromatic N) is 1. The lowest BCUT2D eigenvalue weighted by molar-refractivity contribution is -0.140. The number of benzene rings is 2. The Bertz CT molecular complexity index is 1170. The molecule has 1 saturated heterocycles. The SMILES string of the molecule is C[C@H]1CN(C2CC(C)(C(=O)NCc3cc(F)cc(C(F)(F)F)c3)C2)CCC12C=Cc1ccccc12. The number of carbonyl (C=O) groups excluding carboxylic acids is 1. The zero-order chi connectivity index (χ0) is 25.0. The van der Waals surface area contributed by atoms with Gasteiger partial charge in [0.15, 0.2) is 0 Å². The molecule has 3 aliphatic rings. The van der Waals surface area contributed by atoms with Crippen LogP contribution in [0.5, 0.6) is 0 Å². The summed E-state index contributed by atoms with van der Waals surface area (Å²) in [7, 11) is 0. The molecule has 35 heavy (non-hydrogen) atoms. The highest BCUT2D eigenvalue weighted by atomic mass is 19.4. The first-order valence-corrected chi connectivity index (χ1v) is 12.2. The molecule has 1 saturated carbocycles. The van der Waals surface area contributed by atoms with Crippen molar-refractivity contribution in [1.82, 2.24) is 10.2 Å². The van der Waals surface area contributed by atoms with Gasteiger partial charge < -0.3 is 5.32 Å². The lowest BCUT2D eigenvalue weighted by Crippen LogP contribution is -2.59. The van der Waals surface area contributed by atoms with Gasteiger partial charge in [0.05, 0.1) is 5.56 Å². The Balaban J connectivity index is 1.17. The minimum absolute atomic E-state index is 0.0811. The Morgan fingerprint density at radius 3 is 2.63 bits per heavy atom. The van der Waals surface area contributed by atoms with Crippen LogP contribution in [0.25, 0.3) is 6.08 Å². The number of nitrogens with one attached hydrogen (secondary N) is 1. The normalized spacial score (nSPS) is 30.2. The molecule has 3 nitrogen and oxygen atoms in total. The molecule has 7 heteroatoms. The molecule has 2 aromatic rings. The molecule has 2 fully saturated rings. The predicted molar refractivity (Wildman–Crippen MR) is 127 cm³/mol. The van der Waals surface area contributed by atoms with Crippen LogP contribution in [-0.4, -0.2) is 29.9 Å². The van der Waals surface area contributed by atoms with E-state index in [9.17, 15) is 22.4 Å². The third-order valence-corrected chi connectivity index (χ3v) is 8.40. The minimum atomic E-state index is -4.63. The molecule has 1 N–H and O–H groups in total. The van der Waals surface area contributed by atoms with Gasteiger partial charge in [-0.25, -0.2) is 4.39 Å². The van der Waals surface area contributed by atoms with Crippen molar-refractivity contribution in [3.63, 3.8) is 0 Å². The van der Waals surface area contributed by atoms with Crippen molar-refractivity contribution < 1.29 is 22.4 Å². The van der Waals surface area contributed by atoms with Gasteiger partial charge in [-0.15, -0.1) is 0 Å². The standard InChI is InChI=1S/C28H30F4N2O/c1-18-17-34(10-9-27(18)8-7-20-5-3-4-6-24(20)27)23-14-26(2,15-23)25(35)33-16-19-11-21(28(30,31)32)13-22(29)12-19/h3-8,11-13,18,23H,9-10,14-17H2,1-2H3,(H,33,35)/t18-,23?,26?,27?/m0/s1. The lowest BCUT2D eigenvalue weighted by atomic mass is 9.63. The molecule has 1 amide bonds. The molecular weight excluding hydrogens is 456 g/mol. The first-order valence-electron chi connectivity index (χ1n) is 12.2. The Morgan fingerprint density at radius 2 is 1.91 bits per heavy atom. The highest BCUT2D eigenvalue weighted by Crippen LogP contribution is 2.50. The summed E-state index contributed by atoms with van der Waals surface area (Å²) in [5.74, 6) is -0.705. The molecule has 1 spiro atoms. The molecule has 0 radical (unpaired) electrons. The van der Waals surface area contributed by atoms with E-state index in [0.29, 0.717) is 30.9 Å². The smallest absolute Gasteiger partial charge is 0.352 e. The van der Waals surface area contributed by atoms with E-state index in [1.165, 1.54) is 11.1 Å². The van der Waals surface area contributed by atoms with Gasteiger partial charge in [0.25, 0.3) is 0 Å². The average molecular weight is 487 g/mol. The summed E-state index contributed by atoms with van der Waals surface area (Å²) in [4.78, 5) is 15.4. The van der Waals surface area contributed by atoms with Crippen molar-refractivity contribution in [2.24, 2.45) is 11.3 Å². The number of hydrogen-bond acceptors (Lipinski definition) is 2. The second-order valence-corrected chi connectivity index (χ2v) is 10.8. The van der Waals surface area contributed by atoms with Gasteiger partial charge in [-0.2, -0.15) is 13.2 Å². The van der Waals surface area contributed by atoms with Crippen LogP contribution in [-0.2, 0) is 22.9 Å². The Morgan fingerprint density at radius 1 is 1.17 bits per heavy atom. The summed E-state index contributed by atoms with van der Waals surface area (Å²) in [5.41, 5.74) is 1.29. The van der Waals surface area contributed by atoms with E-state index < -0.39 is 23.0 Å². The van der Waals surface area contributed by atoms with Crippen molar-refractivity contribution in [2.75, 3.05) is 13.1 Å². The highest BCUT2D eigenvalue weighted by Gasteiger charge is 2.51. The van der Waals surface area contributed by atoms with Crippen LogP contribution in [0, 0.1) is 17.2 Å². The number of allylic oxidation sites excluding steroid dienone is 1. The topological polar surface area (TPSA) is 32.3 Å². The first kappa shape index (κ1) is 24.0. The fourth-order valence-electron chi connectivity index (χ4n) is 6.29. The van der Waals surface area contributed by atoms with E-state index in [0.717, 1.165) is 31.6 Å². The number of alkyl halides is 3. The number of halogens is 4. The highest BCUT2D eigenvalue weighted by molar-refractivity contribution is 5.83. The number of amides is 1. The first-order chi connectivity index (χ1) is 16.5. The van der Waals surface area contributed by atoms with E-state index >= 15 is 0 Å². The fourth-order valence-corrected chi connectivity index (χ4v) is 6.29. The minimum Gasteiger partial charge on any atom is -0.352 e. The number of likely N-dealkylation sites (tertiary alicyclic amines) is 1. The van der Waals surface area contributed by atoms with Crippen LogP contribution in [0.3, 0.4) is 0 Å². The van der Waals surface area contributed by atoms with Crippen LogP contribution >= 0.6 is 0 Å². The van der Waals surface area contributed by atoms with Crippen LogP contribution < -0.4 is 5.32 Å². The van der Waals surface area contributed by atoms with Crippen molar-refractivity contribution in [2.45, 2.75) is 57.3 Å². The summed E-state index contributed by atoms with van der Waals surface area (Å²) in [6.07, 6.45) is 2.44. The number of piperidine rings is 1. The van der Waals surface area contributed by atoms with Crippen molar-refractivity contribution in [1.29, 1.82) is 0 Å². The monoisotopic (exact) mass is 486 g/mol. The summed E-state index contributed by atoms with van der Waals surface area (Å²) < 4.78 is 52.5. The molecule has 1 heterocycles. The zero-order valence-electron chi connectivity index (χ0n) is 20.0. The van der Waals surface area contributed by atoms with E-state index in [1.54, 1.807) is 0 Å². The van der Waals surface area contributed by atoms with Gasteiger partial charge in [0.1, 0.15) is 5.82 Å². The molecule has 2 aromatic carbocycles.